The van der Waals surface area contributed by atoms with Crippen molar-refractivity contribution < 1.29 is 22.4 Å². The lowest BCUT2D eigenvalue weighted by molar-refractivity contribution is 0.0747. The number of nitrogens with zero attached hydrogens (tertiary/aromatic N) is 2. The van der Waals surface area contributed by atoms with Gasteiger partial charge in [0, 0.05) is 43.6 Å². The summed E-state index contributed by atoms with van der Waals surface area (Å²) < 4.78 is 37.7. The van der Waals surface area contributed by atoms with Crippen molar-refractivity contribution in [2.75, 3.05) is 37.3 Å². The van der Waals surface area contributed by atoms with Gasteiger partial charge in [0.2, 0.25) is 0 Å². The second-order valence-electron chi connectivity index (χ2n) is 8.09. The van der Waals surface area contributed by atoms with E-state index >= 15 is 0 Å². The van der Waals surface area contributed by atoms with Crippen LogP contribution in [0.4, 0.5) is 10.1 Å². The van der Waals surface area contributed by atoms with Crippen LogP contribution >= 0.6 is 11.6 Å². The molecule has 176 valence electrons. The number of amides is 1. The lowest BCUT2D eigenvalue weighted by Gasteiger charge is -2.37. The van der Waals surface area contributed by atoms with Crippen molar-refractivity contribution >= 4 is 39.3 Å². The standard InChI is InChI=1S/C25H22ClFN2O4S/c1-34(32,33)20-7-8-21(18-3-5-19(27)6-4-18)22(15-20)25(31)29-12-10-28(11-13-29)24-9-2-17(16-30)14-23(24)26/h2-9,14-16H,10-13H2,1H3. The second-order valence-corrected chi connectivity index (χ2v) is 10.5. The summed E-state index contributed by atoms with van der Waals surface area (Å²) in [6.45, 7) is 1.83. The van der Waals surface area contributed by atoms with E-state index in [2.05, 4.69) is 0 Å². The van der Waals surface area contributed by atoms with Crippen LogP contribution in [0.1, 0.15) is 20.7 Å². The van der Waals surface area contributed by atoms with Crippen LogP contribution in [-0.4, -0.2) is 57.9 Å². The Morgan fingerprint density at radius 3 is 2.24 bits per heavy atom. The van der Waals surface area contributed by atoms with Gasteiger partial charge in [0.05, 0.1) is 15.6 Å². The fourth-order valence-corrected chi connectivity index (χ4v) is 4.94. The minimum atomic E-state index is -3.53. The number of hydrogen-bond acceptors (Lipinski definition) is 5. The monoisotopic (exact) mass is 500 g/mol. The van der Waals surface area contributed by atoms with Crippen molar-refractivity contribution in [3.8, 4) is 11.1 Å². The molecule has 0 bridgehead atoms. The van der Waals surface area contributed by atoms with Crippen LogP contribution in [0.2, 0.25) is 5.02 Å². The van der Waals surface area contributed by atoms with Gasteiger partial charge in [-0.05, 0) is 53.6 Å². The summed E-state index contributed by atoms with van der Waals surface area (Å²) in [6, 6.07) is 15.2. The number of sulfone groups is 1. The number of halogens is 2. The molecule has 1 fully saturated rings. The first-order valence-electron chi connectivity index (χ1n) is 10.6. The summed E-state index contributed by atoms with van der Waals surface area (Å²) in [6.07, 6.45) is 1.82. The van der Waals surface area contributed by atoms with E-state index in [0.29, 0.717) is 47.9 Å². The number of rotatable bonds is 5. The van der Waals surface area contributed by atoms with Crippen LogP contribution in [0.25, 0.3) is 11.1 Å². The molecule has 0 aliphatic carbocycles. The molecule has 0 aromatic heterocycles. The Balaban J connectivity index is 1.61. The van der Waals surface area contributed by atoms with E-state index in [-0.39, 0.29) is 16.4 Å². The molecule has 1 amide bonds. The molecule has 1 aliphatic rings. The Morgan fingerprint density at radius 1 is 0.971 bits per heavy atom. The van der Waals surface area contributed by atoms with Gasteiger partial charge in [-0.15, -0.1) is 0 Å². The minimum absolute atomic E-state index is 0.0439. The molecule has 3 aromatic carbocycles. The minimum Gasteiger partial charge on any atom is -0.367 e. The average molecular weight is 501 g/mol. The van der Waals surface area contributed by atoms with E-state index in [1.165, 1.54) is 24.3 Å². The van der Waals surface area contributed by atoms with Crippen molar-refractivity contribution in [1.82, 2.24) is 4.90 Å². The summed E-state index contributed by atoms with van der Waals surface area (Å²) >= 11 is 6.33. The van der Waals surface area contributed by atoms with Crippen LogP contribution in [0, 0.1) is 5.82 Å². The molecule has 0 radical (unpaired) electrons. The lowest BCUT2D eigenvalue weighted by atomic mass is 9.98. The van der Waals surface area contributed by atoms with Gasteiger partial charge >= 0.3 is 0 Å². The van der Waals surface area contributed by atoms with E-state index in [0.717, 1.165) is 18.2 Å². The predicted octanol–water partition coefficient (Wildman–Crippen LogP) is 4.32. The Hall–Kier alpha value is -3.23. The highest BCUT2D eigenvalue weighted by molar-refractivity contribution is 7.90. The van der Waals surface area contributed by atoms with Gasteiger partial charge in [-0.1, -0.05) is 29.8 Å². The molecule has 34 heavy (non-hydrogen) atoms. The second kappa shape index (κ2) is 9.56. The van der Waals surface area contributed by atoms with Crippen molar-refractivity contribution in [3.05, 3.63) is 82.6 Å². The first-order chi connectivity index (χ1) is 16.2. The van der Waals surface area contributed by atoms with Crippen LogP contribution in [0.5, 0.6) is 0 Å². The van der Waals surface area contributed by atoms with E-state index < -0.39 is 15.7 Å². The number of aldehydes is 1. The molecule has 0 spiro atoms. The Kier molecular flexibility index (Phi) is 6.72. The van der Waals surface area contributed by atoms with Crippen LogP contribution in [0.3, 0.4) is 0 Å². The summed E-state index contributed by atoms with van der Waals surface area (Å²) in [4.78, 5) is 28.2. The Bertz CT molecular complexity index is 1350. The highest BCUT2D eigenvalue weighted by Gasteiger charge is 2.26. The van der Waals surface area contributed by atoms with E-state index in [1.54, 1.807) is 41.3 Å². The SMILES string of the molecule is CS(=O)(=O)c1ccc(-c2ccc(F)cc2)c(C(=O)N2CCN(c3ccc(C=O)cc3Cl)CC2)c1. The number of carbonyl (C=O) groups is 2. The van der Waals surface area contributed by atoms with Crippen molar-refractivity contribution in [3.63, 3.8) is 0 Å². The molecule has 1 saturated heterocycles. The normalized spacial score (nSPS) is 14.2. The van der Waals surface area contributed by atoms with E-state index in [4.69, 9.17) is 11.6 Å². The Labute approximate surface area is 202 Å². The molecular weight excluding hydrogens is 479 g/mol. The zero-order chi connectivity index (χ0) is 24.5. The highest BCUT2D eigenvalue weighted by atomic mass is 35.5. The molecule has 0 atom stereocenters. The molecule has 9 heteroatoms. The van der Waals surface area contributed by atoms with Gasteiger partial charge in [0.1, 0.15) is 12.1 Å². The number of anilines is 1. The van der Waals surface area contributed by atoms with Gasteiger partial charge in [-0.2, -0.15) is 0 Å². The summed E-state index contributed by atoms with van der Waals surface area (Å²) in [5.74, 6) is -0.702. The van der Waals surface area contributed by atoms with Crippen molar-refractivity contribution in [1.29, 1.82) is 0 Å². The molecule has 0 saturated carbocycles. The maximum absolute atomic E-state index is 13.5. The lowest BCUT2D eigenvalue weighted by Crippen LogP contribution is -2.49. The molecule has 0 unspecified atom stereocenters. The van der Waals surface area contributed by atoms with Crippen molar-refractivity contribution in [2.45, 2.75) is 4.90 Å². The topological polar surface area (TPSA) is 74.8 Å². The summed E-state index contributed by atoms with van der Waals surface area (Å²) in [5, 5.41) is 0.462. The van der Waals surface area contributed by atoms with Gasteiger partial charge in [0.15, 0.2) is 9.84 Å². The highest BCUT2D eigenvalue weighted by Crippen LogP contribution is 2.30. The maximum atomic E-state index is 13.5. The number of carbonyl (C=O) groups excluding carboxylic acids is 2. The third-order valence-electron chi connectivity index (χ3n) is 5.82. The first-order valence-corrected chi connectivity index (χ1v) is 12.8. The van der Waals surface area contributed by atoms with E-state index in [9.17, 15) is 22.4 Å². The summed E-state index contributed by atoms with van der Waals surface area (Å²) in [5.41, 5.74) is 2.67. The molecule has 4 rings (SSSR count). The first kappa shape index (κ1) is 23.9. The number of hydrogen-bond donors (Lipinski definition) is 0. The van der Waals surface area contributed by atoms with Crippen LogP contribution in [-0.2, 0) is 9.84 Å². The third-order valence-corrected chi connectivity index (χ3v) is 7.23. The smallest absolute Gasteiger partial charge is 0.254 e. The molecule has 1 aliphatic heterocycles. The molecular formula is C25H22ClFN2O4S. The fourth-order valence-electron chi connectivity index (χ4n) is 3.99. The zero-order valence-corrected chi connectivity index (χ0v) is 19.9. The van der Waals surface area contributed by atoms with E-state index in [1.807, 2.05) is 4.90 Å². The van der Waals surface area contributed by atoms with Gasteiger partial charge in [-0.3, -0.25) is 9.59 Å². The average Bonchev–Trinajstić information content (AvgIpc) is 2.83. The Morgan fingerprint density at radius 2 is 1.65 bits per heavy atom. The van der Waals surface area contributed by atoms with Crippen LogP contribution in [0.15, 0.2) is 65.6 Å². The maximum Gasteiger partial charge on any atom is 0.254 e. The summed E-state index contributed by atoms with van der Waals surface area (Å²) in [7, 11) is -3.53. The molecule has 3 aromatic rings. The molecule has 0 N–H and O–H groups in total. The zero-order valence-electron chi connectivity index (χ0n) is 18.4. The molecule has 1 heterocycles. The van der Waals surface area contributed by atoms with Gasteiger partial charge < -0.3 is 9.80 Å². The number of piperazine rings is 1. The quantitative estimate of drug-likeness (QED) is 0.488. The van der Waals surface area contributed by atoms with Crippen molar-refractivity contribution in [2.24, 2.45) is 0 Å². The number of benzene rings is 3. The van der Waals surface area contributed by atoms with Crippen LogP contribution < -0.4 is 4.90 Å². The third kappa shape index (κ3) is 4.98. The predicted molar refractivity (Wildman–Crippen MR) is 130 cm³/mol. The van der Waals surface area contributed by atoms with Gasteiger partial charge in [-0.25, -0.2) is 12.8 Å². The largest absolute Gasteiger partial charge is 0.367 e. The molecule has 6 nitrogen and oxygen atoms in total. The van der Waals surface area contributed by atoms with Gasteiger partial charge in [0.25, 0.3) is 5.91 Å². The fraction of sp³-hybridized carbons (Fsp3) is 0.200.